The lowest BCUT2D eigenvalue weighted by molar-refractivity contribution is -0.138. The summed E-state index contributed by atoms with van der Waals surface area (Å²) in [6, 6.07) is 0. The zero-order valence-corrected chi connectivity index (χ0v) is 13.1. The standard InChI is InChI=1S/C18H28O3/c1-2-3-4-5-6-7-8-9-10-11-12-13-14-17(19)15-16-18(20)21/h5-10H,2-4,11-16H2,1H3,(H,20,21)/b6-5+,8-7+,10-9-. The number of rotatable bonds is 13. The minimum absolute atomic E-state index is 0.0463. The summed E-state index contributed by atoms with van der Waals surface area (Å²) in [7, 11) is 0. The van der Waals surface area contributed by atoms with E-state index in [4.69, 9.17) is 5.11 Å². The molecular weight excluding hydrogens is 264 g/mol. The van der Waals surface area contributed by atoms with Gasteiger partial charge in [-0.2, -0.15) is 0 Å². The summed E-state index contributed by atoms with van der Waals surface area (Å²) in [5.74, 6) is -0.847. The molecule has 0 aliphatic heterocycles. The molecule has 0 unspecified atom stereocenters. The highest BCUT2D eigenvalue weighted by Crippen LogP contribution is 2.05. The fraction of sp³-hybridized carbons (Fsp3) is 0.556. The van der Waals surface area contributed by atoms with Gasteiger partial charge in [-0.3, -0.25) is 9.59 Å². The lowest BCUT2D eigenvalue weighted by Gasteiger charge is -1.97. The summed E-state index contributed by atoms with van der Waals surface area (Å²) >= 11 is 0. The fourth-order valence-corrected chi connectivity index (χ4v) is 1.76. The highest BCUT2D eigenvalue weighted by molar-refractivity contribution is 5.82. The molecular formula is C18H28O3. The van der Waals surface area contributed by atoms with Crippen molar-refractivity contribution in [2.75, 3.05) is 0 Å². The van der Waals surface area contributed by atoms with E-state index < -0.39 is 5.97 Å². The first-order valence-electron chi connectivity index (χ1n) is 7.88. The van der Waals surface area contributed by atoms with E-state index in [9.17, 15) is 9.59 Å². The second-order valence-corrected chi connectivity index (χ2v) is 5.06. The maximum atomic E-state index is 11.3. The van der Waals surface area contributed by atoms with Crippen molar-refractivity contribution in [3.63, 3.8) is 0 Å². The van der Waals surface area contributed by atoms with Crippen LogP contribution in [0.25, 0.3) is 0 Å². The number of carbonyl (C=O) groups is 2. The number of ketones is 1. The van der Waals surface area contributed by atoms with Gasteiger partial charge in [0.15, 0.2) is 0 Å². The van der Waals surface area contributed by atoms with Crippen LogP contribution < -0.4 is 0 Å². The molecule has 0 saturated heterocycles. The van der Waals surface area contributed by atoms with Crippen LogP contribution in [0.15, 0.2) is 36.5 Å². The molecule has 0 bridgehead atoms. The van der Waals surface area contributed by atoms with Gasteiger partial charge in [0.05, 0.1) is 6.42 Å². The Morgan fingerprint density at radius 1 is 0.810 bits per heavy atom. The number of hydrogen-bond donors (Lipinski definition) is 1. The Hall–Kier alpha value is -1.64. The predicted octanol–water partition coefficient (Wildman–Crippen LogP) is 4.84. The third kappa shape index (κ3) is 16.3. The van der Waals surface area contributed by atoms with Gasteiger partial charge in [-0.05, 0) is 25.7 Å². The molecule has 0 heterocycles. The van der Waals surface area contributed by atoms with Crippen LogP contribution in [0.1, 0.15) is 64.7 Å². The molecule has 3 nitrogen and oxygen atoms in total. The molecule has 0 aliphatic rings. The second-order valence-electron chi connectivity index (χ2n) is 5.06. The Kier molecular flexibility index (Phi) is 13.6. The first-order chi connectivity index (χ1) is 10.2. The van der Waals surface area contributed by atoms with Gasteiger partial charge < -0.3 is 5.11 Å². The van der Waals surface area contributed by atoms with Crippen LogP contribution in [0.3, 0.4) is 0 Å². The van der Waals surface area contributed by atoms with Gasteiger partial charge in [0, 0.05) is 12.8 Å². The molecule has 0 aromatic carbocycles. The third-order valence-corrected chi connectivity index (χ3v) is 3.02. The minimum Gasteiger partial charge on any atom is -0.481 e. The SMILES string of the molecule is CCCC/C=C/C=C/C=C\CCCCC(=O)CCC(=O)O. The summed E-state index contributed by atoms with van der Waals surface area (Å²) < 4.78 is 0. The van der Waals surface area contributed by atoms with Gasteiger partial charge in [0.2, 0.25) is 0 Å². The van der Waals surface area contributed by atoms with Gasteiger partial charge in [0.1, 0.15) is 5.78 Å². The number of allylic oxidation sites excluding steroid dienone is 6. The molecule has 3 heteroatoms. The summed E-state index contributed by atoms with van der Waals surface area (Å²) in [6.07, 6.45) is 19.4. The fourth-order valence-electron chi connectivity index (χ4n) is 1.76. The van der Waals surface area contributed by atoms with Crippen molar-refractivity contribution in [2.45, 2.75) is 64.7 Å². The quantitative estimate of drug-likeness (QED) is 0.390. The molecule has 21 heavy (non-hydrogen) atoms. The average molecular weight is 292 g/mol. The van der Waals surface area contributed by atoms with E-state index in [1.54, 1.807) is 0 Å². The molecule has 1 N–H and O–H groups in total. The third-order valence-electron chi connectivity index (χ3n) is 3.02. The van der Waals surface area contributed by atoms with Crippen molar-refractivity contribution < 1.29 is 14.7 Å². The highest BCUT2D eigenvalue weighted by Gasteiger charge is 2.04. The smallest absolute Gasteiger partial charge is 0.303 e. The monoisotopic (exact) mass is 292 g/mol. The molecule has 0 aliphatic carbocycles. The number of unbranched alkanes of at least 4 members (excludes halogenated alkanes) is 4. The number of hydrogen-bond acceptors (Lipinski definition) is 2. The van der Waals surface area contributed by atoms with Crippen molar-refractivity contribution in [1.29, 1.82) is 0 Å². The Bertz CT molecular complexity index is 365. The van der Waals surface area contributed by atoms with Gasteiger partial charge in [-0.1, -0.05) is 56.2 Å². The largest absolute Gasteiger partial charge is 0.481 e. The topological polar surface area (TPSA) is 54.4 Å². The van der Waals surface area contributed by atoms with Gasteiger partial charge >= 0.3 is 5.97 Å². The van der Waals surface area contributed by atoms with Crippen LogP contribution >= 0.6 is 0 Å². The average Bonchev–Trinajstić information content (AvgIpc) is 2.46. The summed E-state index contributed by atoms with van der Waals surface area (Å²) in [5.41, 5.74) is 0. The van der Waals surface area contributed by atoms with E-state index in [2.05, 4.69) is 25.2 Å². The molecule has 0 fully saturated rings. The lowest BCUT2D eigenvalue weighted by atomic mass is 10.1. The lowest BCUT2D eigenvalue weighted by Crippen LogP contribution is -2.02. The van der Waals surface area contributed by atoms with E-state index in [1.807, 2.05) is 18.2 Å². The van der Waals surface area contributed by atoms with E-state index in [1.165, 1.54) is 12.8 Å². The number of carboxylic acids is 1. The van der Waals surface area contributed by atoms with Crippen LogP contribution in [0.2, 0.25) is 0 Å². The van der Waals surface area contributed by atoms with Gasteiger partial charge in [-0.15, -0.1) is 0 Å². The molecule has 0 amide bonds. The van der Waals surface area contributed by atoms with Crippen LogP contribution in [0.4, 0.5) is 0 Å². The first-order valence-corrected chi connectivity index (χ1v) is 7.88. The summed E-state index contributed by atoms with van der Waals surface area (Å²) in [4.78, 5) is 21.6. The number of carboxylic acid groups (broad SMARTS) is 1. The number of carbonyl (C=O) groups excluding carboxylic acids is 1. The zero-order valence-electron chi connectivity index (χ0n) is 13.1. The number of aliphatic carboxylic acids is 1. The maximum absolute atomic E-state index is 11.3. The molecule has 0 saturated carbocycles. The van der Waals surface area contributed by atoms with Crippen LogP contribution in [-0.2, 0) is 9.59 Å². The van der Waals surface area contributed by atoms with Crippen molar-refractivity contribution in [3.05, 3.63) is 36.5 Å². The molecule has 0 atom stereocenters. The van der Waals surface area contributed by atoms with Gasteiger partial charge in [0.25, 0.3) is 0 Å². The van der Waals surface area contributed by atoms with Crippen molar-refractivity contribution in [2.24, 2.45) is 0 Å². The molecule has 0 spiro atoms. The van der Waals surface area contributed by atoms with E-state index in [0.29, 0.717) is 6.42 Å². The second kappa shape index (κ2) is 14.8. The number of Topliss-reactive ketones (excluding diaryl/α,β-unsaturated/α-hetero) is 1. The normalized spacial score (nSPS) is 11.9. The molecule has 0 rings (SSSR count). The van der Waals surface area contributed by atoms with E-state index in [-0.39, 0.29) is 18.6 Å². The molecule has 0 radical (unpaired) electrons. The van der Waals surface area contributed by atoms with E-state index >= 15 is 0 Å². The van der Waals surface area contributed by atoms with Gasteiger partial charge in [-0.25, -0.2) is 0 Å². The van der Waals surface area contributed by atoms with Crippen molar-refractivity contribution in [3.8, 4) is 0 Å². The molecule has 0 aromatic rings. The van der Waals surface area contributed by atoms with Crippen LogP contribution in [-0.4, -0.2) is 16.9 Å². The Labute approximate surface area is 128 Å². The van der Waals surface area contributed by atoms with Crippen molar-refractivity contribution >= 4 is 11.8 Å². The van der Waals surface area contributed by atoms with E-state index in [0.717, 1.165) is 25.7 Å². The summed E-state index contributed by atoms with van der Waals surface area (Å²) in [6.45, 7) is 2.19. The molecule has 0 aromatic heterocycles. The maximum Gasteiger partial charge on any atom is 0.303 e. The molecule has 118 valence electrons. The Morgan fingerprint density at radius 2 is 1.43 bits per heavy atom. The minimum atomic E-state index is -0.901. The Balaban J connectivity index is 3.47. The van der Waals surface area contributed by atoms with Crippen molar-refractivity contribution in [1.82, 2.24) is 0 Å². The van der Waals surface area contributed by atoms with Crippen LogP contribution in [0, 0.1) is 0 Å². The predicted molar refractivity (Wildman–Crippen MR) is 87.3 cm³/mol. The summed E-state index contributed by atoms with van der Waals surface area (Å²) in [5, 5.41) is 8.46. The highest BCUT2D eigenvalue weighted by atomic mass is 16.4. The first kappa shape index (κ1) is 19.4. The zero-order chi connectivity index (χ0) is 15.8. The Morgan fingerprint density at radius 3 is 2.00 bits per heavy atom. The van der Waals surface area contributed by atoms with Crippen LogP contribution in [0.5, 0.6) is 0 Å².